The molecule has 2 aliphatic rings. The Kier molecular flexibility index (Phi) is 6.25. The average Bonchev–Trinajstić information content (AvgIpc) is 2.92. The Balaban J connectivity index is 1.60. The molecule has 0 aromatic heterocycles. The molecule has 0 bridgehead atoms. The number of aliphatic hydroxyl groups is 1. The van der Waals surface area contributed by atoms with Crippen molar-refractivity contribution in [3.8, 4) is 0 Å². The molecule has 4 amide bonds. The quantitative estimate of drug-likeness (QED) is 0.517. The topological polar surface area (TPSA) is 93.2 Å². The Morgan fingerprint density at radius 3 is 2.44 bits per heavy atom. The first kappa shape index (κ1) is 19.5. The fourth-order valence-corrected chi connectivity index (χ4v) is 3.30. The molecule has 1 aromatic rings. The highest BCUT2D eigenvalue weighted by Crippen LogP contribution is 2.17. The van der Waals surface area contributed by atoms with E-state index in [0.29, 0.717) is 32.7 Å². The number of aliphatic hydroxyl groups excluding tert-OH is 1. The number of piperazine rings is 1. The number of carbonyl (C=O) groups is 3. The van der Waals surface area contributed by atoms with Crippen LogP contribution in [0.25, 0.3) is 6.08 Å². The number of urea groups is 1. The fraction of sp³-hybridized carbons (Fsp3) is 0.389. The second-order valence-electron chi connectivity index (χ2n) is 6.38. The van der Waals surface area contributed by atoms with E-state index < -0.39 is 11.9 Å². The van der Waals surface area contributed by atoms with Gasteiger partial charge < -0.3 is 15.3 Å². The molecule has 0 atom stereocenters. The molecule has 2 aliphatic heterocycles. The van der Waals surface area contributed by atoms with Crippen LogP contribution in [-0.4, -0.2) is 83.5 Å². The van der Waals surface area contributed by atoms with Crippen LogP contribution in [-0.2, 0) is 9.59 Å². The first-order chi connectivity index (χ1) is 13.0. The lowest BCUT2D eigenvalue weighted by Gasteiger charge is -2.34. The van der Waals surface area contributed by atoms with Gasteiger partial charge in [0, 0.05) is 37.2 Å². The summed E-state index contributed by atoms with van der Waals surface area (Å²) in [5.74, 6) is -0.762. The number of hydrogen-bond donors (Lipinski definition) is 2. The van der Waals surface area contributed by atoms with Crippen LogP contribution in [0, 0.1) is 0 Å². The van der Waals surface area contributed by atoms with Crippen molar-refractivity contribution >= 4 is 39.9 Å². The number of halogens is 1. The predicted molar refractivity (Wildman–Crippen MR) is 102 cm³/mol. The second-order valence-corrected chi connectivity index (χ2v) is 7.29. The Bertz CT molecular complexity index is 757. The Morgan fingerprint density at radius 2 is 1.81 bits per heavy atom. The lowest BCUT2D eigenvalue weighted by molar-refractivity contribution is -0.137. The van der Waals surface area contributed by atoms with E-state index >= 15 is 0 Å². The highest BCUT2D eigenvalue weighted by Gasteiger charge is 2.36. The summed E-state index contributed by atoms with van der Waals surface area (Å²) in [6.45, 7) is 2.77. The fourth-order valence-electron chi connectivity index (χ4n) is 3.04. The standard InChI is InChI=1S/C18H21BrN4O4/c19-14-3-1-13(2-4-14)11-15-17(26)23(18(27)20-15)12-16(25)22-7-5-21(6-8-22)9-10-24/h1-4,11,24H,5-10,12H2,(H,20,27)/b15-11-. The zero-order valence-corrected chi connectivity index (χ0v) is 16.3. The maximum Gasteiger partial charge on any atom is 0.329 e. The van der Waals surface area contributed by atoms with Crippen LogP contribution in [0.4, 0.5) is 4.79 Å². The van der Waals surface area contributed by atoms with E-state index in [1.165, 1.54) is 0 Å². The van der Waals surface area contributed by atoms with E-state index in [0.717, 1.165) is 14.9 Å². The summed E-state index contributed by atoms with van der Waals surface area (Å²) in [5.41, 5.74) is 0.929. The van der Waals surface area contributed by atoms with Gasteiger partial charge in [0.25, 0.3) is 5.91 Å². The third-order valence-corrected chi connectivity index (χ3v) is 5.11. The van der Waals surface area contributed by atoms with Gasteiger partial charge in [0.1, 0.15) is 12.2 Å². The van der Waals surface area contributed by atoms with Gasteiger partial charge in [-0.2, -0.15) is 0 Å². The van der Waals surface area contributed by atoms with Gasteiger partial charge in [-0.1, -0.05) is 28.1 Å². The van der Waals surface area contributed by atoms with Gasteiger partial charge in [-0.15, -0.1) is 0 Å². The minimum Gasteiger partial charge on any atom is -0.395 e. The van der Waals surface area contributed by atoms with E-state index in [9.17, 15) is 14.4 Å². The number of nitrogens with zero attached hydrogens (tertiary/aromatic N) is 3. The molecule has 0 unspecified atom stereocenters. The summed E-state index contributed by atoms with van der Waals surface area (Å²) in [4.78, 5) is 41.8. The van der Waals surface area contributed by atoms with Crippen molar-refractivity contribution in [2.24, 2.45) is 0 Å². The molecule has 8 nitrogen and oxygen atoms in total. The lowest BCUT2D eigenvalue weighted by Crippen LogP contribution is -2.52. The van der Waals surface area contributed by atoms with Crippen molar-refractivity contribution < 1.29 is 19.5 Å². The Labute approximate surface area is 165 Å². The number of amides is 4. The third kappa shape index (κ3) is 4.74. The molecule has 9 heteroatoms. The zero-order chi connectivity index (χ0) is 19.4. The number of β-amino-alcohol motifs (C(OH)–C–C–N with tert-alkyl or cyclic N) is 1. The van der Waals surface area contributed by atoms with Gasteiger partial charge in [-0.25, -0.2) is 9.69 Å². The molecular formula is C18H21BrN4O4. The van der Waals surface area contributed by atoms with Gasteiger partial charge in [0.2, 0.25) is 5.91 Å². The van der Waals surface area contributed by atoms with E-state index in [4.69, 9.17) is 5.11 Å². The van der Waals surface area contributed by atoms with Gasteiger partial charge in [-0.05, 0) is 23.8 Å². The minimum absolute atomic E-state index is 0.0872. The number of rotatable bonds is 5. The molecule has 2 heterocycles. The third-order valence-electron chi connectivity index (χ3n) is 4.58. The van der Waals surface area contributed by atoms with Crippen LogP contribution < -0.4 is 5.32 Å². The van der Waals surface area contributed by atoms with Crippen molar-refractivity contribution in [3.63, 3.8) is 0 Å². The molecule has 0 spiro atoms. The summed E-state index contributed by atoms with van der Waals surface area (Å²) >= 11 is 3.34. The van der Waals surface area contributed by atoms with Crippen LogP contribution in [0.3, 0.4) is 0 Å². The number of imide groups is 1. The molecule has 0 saturated carbocycles. The smallest absolute Gasteiger partial charge is 0.329 e. The molecule has 27 heavy (non-hydrogen) atoms. The number of benzene rings is 1. The van der Waals surface area contributed by atoms with Gasteiger partial charge in [0.05, 0.1) is 6.61 Å². The molecule has 1 aromatic carbocycles. The normalized spacial score (nSPS) is 19.7. The van der Waals surface area contributed by atoms with Gasteiger partial charge in [0.15, 0.2) is 0 Å². The van der Waals surface area contributed by atoms with Gasteiger partial charge >= 0.3 is 6.03 Å². The molecule has 144 valence electrons. The number of hydrogen-bond acceptors (Lipinski definition) is 5. The largest absolute Gasteiger partial charge is 0.395 e. The van der Waals surface area contributed by atoms with Crippen molar-refractivity contribution in [2.45, 2.75) is 0 Å². The SMILES string of the molecule is O=C(CN1C(=O)N/C(=C\c2ccc(Br)cc2)C1=O)N1CCN(CCO)CC1. The van der Waals surface area contributed by atoms with E-state index in [2.05, 4.69) is 26.1 Å². The monoisotopic (exact) mass is 436 g/mol. The molecule has 2 fully saturated rings. The maximum atomic E-state index is 12.5. The summed E-state index contributed by atoms with van der Waals surface area (Å²) in [7, 11) is 0. The highest BCUT2D eigenvalue weighted by atomic mass is 79.9. The van der Waals surface area contributed by atoms with Crippen molar-refractivity contribution in [2.75, 3.05) is 45.9 Å². The average molecular weight is 437 g/mol. The first-order valence-corrected chi connectivity index (χ1v) is 9.48. The summed E-state index contributed by atoms with van der Waals surface area (Å²) in [6, 6.07) is 6.72. The predicted octanol–water partition coefficient (Wildman–Crippen LogP) is 0.478. The molecule has 2 N–H and O–H groups in total. The Hall–Kier alpha value is -2.23. The van der Waals surface area contributed by atoms with Crippen LogP contribution >= 0.6 is 15.9 Å². The van der Waals surface area contributed by atoms with Crippen LogP contribution in [0.1, 0.15) is 5.56 Å². The van der Waals surface area contributed by atoms with Crippen LogP contribution in [0.5, 0.6) is 0 Å². The molecule has 2 saturated heterocycles. The van der Waals surface area contributed by atoms with E-state index in [1.54, 1.807) is 11.0 Å². The van der Waals surface area contributed by atoms with Crippen molar-refractivity contribution in [1.82, 2.24) is 20.0 Å². The highest BCUT2D eigenvalue weighted by molar-refractivity contribution is 9.10. The zero-order valence-electron chi connectivity index (χ0n) is 14.7. The summed E-state index contributed by atoms with van der Waals surface area (Å²) in [6.07, 6.45) is 1.59. The minimum atomic E-state index is -0.587. The van der Waals surface area contributed by atoms with Crippen LogP contribution in [0.2, 0.25) is 0 Å². The molecule has 0 radical (unpaired) electrons. The second kappa shape index (κ2) is 8.64. The molecular weight excluding hydrogens is 416 g/mol. The van der Waals surface area contributed by atoms with E-state index in [-0.39, 0.29) is 24.8 Å². The van der Waals surface area contributed by atoms with E-state index in [1.807, 2.05) is 24.3 Å². The Morgan fingerprint density at radius 1 is 1.15 bits per heavy atom. The lowest BCUT2D eigenvalue weighted by atomic mass is 10.2. The summed E-state index contributed by atoms with van der Waals surface area (Å²) < 4.78 is 0.915. The maximum absolute atomic E-state index is 12.5. The first-order valence-electron chi connectivity index (χ1n) is 8.69. The van der Waals surface area contributed by atoms with Gasteiger partial charge in [-0.3, -0.25) is 14.5 Å². The van der Waals surface area contributed by atoms with Crippen molar-refractivity contribution in [3.05, 3.63) is 40.0 Å². The van der Waals surface area contributed by atoms with Crippen LogP contribution in [0.15, 0.2) is 34.4 Å². The number of carbonyl (C=O) groups excluding carboxylic acids is 3. The van der Waals surface area contributed by atoms with Crippen molar-refractivity contribution in [1.29, 1.82) is 0 Å². The molecule has 3 rings (SSSR count). The molecule has 0 aliphatic carbocycles. The number of nitrogens with one attached hydrogen (secondary N) is 1. The summed E-state index contributed by atoms with van der Waals surface area (Å²) in [5, 5.41) is 11.5.